The predicted octanol–water partition coefficient (Wildman–Crippen LogP) is 3.80. The van der Waals surface area contributed by atoms with E-state index in [4.69, 9.17) is 15.7 Å². The molecule has 31 heavy (non-hydrogen) atoms. The van der Waals surface area contributed by atoms with Gasteiger partial charge in [0.15, 0.2) is 5.82 Å². The Labute approximate surface area is 183 Å². The second kappa shape index (κ2) is 7.31. The molecule has 6 rings (SSSR count). The molecule has 6 heteroatoms. The van der Waals surface area contributed by atoms with Gasteiger partial charge in [-0.25, -0.2) is 9.97 Å². The van der Waals surface area contributed by atoms with Crippen molar-refractivity contribution in [3.63, 3.8) is 0 Å². The highest BCUT2D eigenvalue weighted by molar-refractivity contribution is 5.63. The molecule has 1 atom stereocenters. The Morgan fingerprint density at radius 2 is 1.71 bits per heavy atom. The minimum atomic E-state index is 0.145. The van der Waals surface area contributed by atoms with Crippen molar-refractivity contribution in [3.05, 3.63) is 71.8 Å². The van der Waals surface area contributed by atoms with E-state index in [0.717, 1.165) is 74.8 Å². The van der Waals surface area contributed by atoms with Crippen LogP contribution in [0.3, 0.4) is 0 Å². The molecule has 2 aliphatic heterocycles. The monoisotopic (exact) mass is 412 g/mol. The number of aromatic nitrogens is 3. The van der Waals surface area contributed by atoms with Gasteiger partial charge in [0, 0.05) is 31.9 Å². The van der Waals surface area contributed by atoms with Crippen molar-refractivity contribution < 1.29 is 0 Å². The van der Waals surface area contributed by atoms with Crippen LogP contribution in [-0.4, -0.2) is 34.6 Å². The van der Waals surface area contributed by atoms with E-state index in [9.17, 15) is 0 Å². The number of rotatable bonds is 2. The molecule has 2 aromatic heterocycles. The van der Waals surface area contributed by atoms with Crippen molar-refractivity contribution in [1.29, 1.82) is 0 Å². The molecule has 158 valence electrons. The molecule has 4 heterocycles. The minimum absolute atomic E-state index is 0.145. The summed E-state index contributed by atoms with van der Waals surface area (Å²) in [4.78, 5) is 18.7. The highest BCUT2D eigenvalue weighted by Crippen LogP contribution is 2.50. The average Bonchev–Trinajstić information content (AvgIpc) is 3.10. The van der Waals surface area contributed by atoms with Crippen molar-refractivity contribution in [2.75, 3.05) is 29.4 Å². The van der Waals surface area contributed by atoms with E-state index in [1.807, 2.05) is 24.7 Å². The van der Waals surface area contributed by atoms with E-state index in [2.05, 4.69) is 45.1 Å². The Morgan fingerprint density at radius 1 is 0.903 bits per heavy atom. The van der Waals surface area contributed by atoms with Crippen molar-refractivity contribution >= 4 is 17.3 Å². The summed E-state index contributed by atoms with van der Waals surface area (Å²) in [5.74, 6) is 1.87. The van der Waals surface area contributed by atoms with E-state index in [1.165, 1.54) is 11.1 Å². The summed E-state index contributed by atoms with van der Waals surface area (Å²) in [5.41, 5.74) is 12.0. The van der Waals surface area contributed by atoms with Crippen molar-refractivity contribution in [1.82, 2.24) is 15.0 Å². The lowest BCUT2D eigenvalue weighted by Gasteiger charge is -2.42. The molecule has 3 aromatic rings. The second-order valence-corrected chi connectivity index (χ2v) is 9.16. The number of aryl methyl sites for hydroxylation is 1. The summed E-state index contributed by atoms with van der Waals surface area (Å²) in [6, 6.07) is 13.0. The molecule has 1 aromatic carbocycles. The Hall–Kier alpha value is -2.99. The summed E-state index contributed by atoms with van der Waals surface area (Å²) in [7, 11) is 0. The van der Waals surface area contributed by atoms with Gasteiger partial charge in [-0.05, 0) is 60.8 Å². The molecule has 2 N–H and O–H groups in total. The maximum Gasteiger partial charge on any atom is 0.151 e. The van der Waals surface area contributed by atoms with Crippen molar-refractivity contribution in [3.8, 4) is 0 Å². The largest absolute Gasteiger partial charge is 0.355 e. The van der Waals surface area contributed by atoms with Gasteiger partial charge in [0.05, 0.1) is 23.8 Å². The minimum Gasteiger partial charge on any atom is -0.355 e. The number of pyridine rings is 1. The lowest BCUT2D eigenvalue weighted by atomic mass is 9.73. The van der Waals surface area contributed by atoms with Crippen molar-refractivity contribution in [2.45, 2.75) is 38.1 Å². The van der Waals surface area contributed by atoms with Gasteiger partial charge in [0.1, 0.15) is 5.82 Å². The maximum absolute atomic E-state index is 6.72. The number of hydrogen-bond donors (Lipinski definition) is 1. The summed E-state index contributed by atoms with van der Waals surface area (Å²) in [5, 5.41) is 0. The summed E-state index contributed by atoms with van der Waals surface area (Å²) < 4.78 is 0. The zero-order chi connectivity index (χ0) is 20.8. The van der Waals surface area contributed by atoms with Crippen LogP contribution in [0.4, 0.5) is 17.3 Å². The average molecular weight is 413 g/mol. The normalized spacial score (nSPS) is 21.8. The van der Waals surface area contributed by atoms with E-state index in [0.29, 0.717) is 0 Å². The SMILES string of the molecule is N[C@@H]1c2ccccc2CC12CCN(c1cnc(N3CCCc4ncccc43)cn1)CC2. The lowest BCUT2D eigenvalue weighted by molar-refractivity contribution is 0.187. The number of nitrogens with zero attached hydrogens (tertiary/aromatic N) is 5. The van der Waals surface area contributed by atoms with Gasteiger partial charge in [0.25, 0.3) is 0 Å². The molecule has 0 radical (unpaired) electrons. The predicted molar refractivity (Wildman–Crippen MR) is 123 cm³/mol. The number of piperidine rings is 1. The van der Waals surface area contributed by atoms with Crippen LogP contribution >= 0.6 is 0 Å². The molecule has 1 saturated heterocycles. The lowest BCUT2D eigenvalue weighted by Crippen LogP contribution is -2.44. The molecule has 0 bridgehead atoms. The summed E-state index contributed by atoms with van der Waals surface area (Å²) in [6.45, 7) is 2.91. The molecule has 0 saturated carbocycles. The first kappa shape index (κ1) is 18.8. The first-order chi connectivity index (χ1) is 15.2. The van der Waals surface area contributed by atoms with Gasteiger partial charge >= 0.3 is 0 Å². The summed E-state index contributed by atoms with van der Waals surface area (Å²) in [6.07, 6.45) is 11.1. The second-order valence-electron chi connectivity index (χ2n) is 9.16. The van der Waals surface area contributed by atoms with Crippen LogP contribution in [0.5, 0.6) is 0 Å². The van der Waals surface area contributed by atoms with Gasteiger partial charge in [-0.2, -0.15) is 0 Å². The molecular formula is C25H28N6. The number of hydrogen-bond acceptors (Lipinski definition) is 6. The van der Waals surface area contributed by atoms with Gasteiger partial charge in [-0.1, -0.05) is 24.3 Å². The maximum atomic E-state index is 6.72. The van der Waals surface area contributed by atoms with E-state index in [1.54, 1.807) is 0 Å². The number of anilines is 3. The Kier molecular flexibility index (Phi) is 4.42. The van der Waals surface area contributed by atoms with Crippen LogP contribution in [0.15, 0.2) is 55.0 Å². The smallest absolute Gasteiger partial charge is 0.151 e. The first-order valence-corrected chi connectivity index (χ1v) is 11.4. The third-order valence-electron chi connectivity index (χ3n) is 7.53. The van der Waals surface area contributed by atoms with Gasteiger partial charge < -0.3 is 15.5 Å². The standard InChI is InChI=1S/C25H28N6/c26-24-19-6-2-1-5-18(19)15-25(24)9-13-30(14-10-25)22-16-29-23(17-28-22)31-12-4-7-20-21(31)8-3-11-27-20/h1-3,5-6,8,11,16-17,24H,4,7,9-10,12-15,26H2/t24-/m1/s1. The van der Waals surface area contributed by atoms with Gasteiger partial charge in [-0.3, -0.25) is 4.98 Å². The number of nitrogens with two attached hydrogens (primary N) is 1. The van der Waals surface area contributed by atoms with Gasteiger partial charge in [0.2, 0.25) is 0 Å². The first-order valence-electron chi connectivity index (χ1n) is 11.4. The molecule has 1 aliphatic carbocycles. The highest BCUT2D eigenvalue weighted by Gasteiger charge is 2.45. The van der Waals surface area contributed by atoms with E-state index >= 15 is 0 Å². The fraction of sp³-hybridized carbons (Fsp3) is 0.400. The van der Waals surface area contributed by atoms with Crippen LogP contribution in [0, 0.1) is 5.41 Å². The number of benzene rings is 1. The van der Waals surface area contributed by atoms with Crippen LogP contribution < -0.4 is 15.5 Å². The fourth-order valence-electron chi connectivity index (χ4n) is 5.73. The highest BCUT2D eigenvalue weighted by atomic mass is 15.2. The molecular weight excluding hydrogens is 384 g/mol. The van der Waals surface area contributed by atoms with Gasteiger partial charge in [-0.15, -0.1) is 0 Å². The molecule has 0 unspecified atom stereocenters. The quantitative estimate of drug-likeness (QED) is 0.690. The third-order valence-corrected chi connectivity index (χ3v) is 7.53. The van der Waals surface area contributed by atoms with Crippen LogP contribution in [0.25, 0.3) is 0 Å². The summed E-state index contributed by atoms with van der Waals surface area (Å²) >= 11 is 0. The van der Waals surface area contributed by atoms with Crippen LogP contribution in [0.1, 0.15) is 42.1 Å². The topological polar surface area (TPSA) is 71.2 Å². The Bertz CT molecular complexity index is 1090. The molecule has 1 fully saturated rings. The molecule has 3 aliphatic rings. The fourth-order valence-corrected chi connectivity index (χ4v) is 5.73. The molecule has 1 spiro atoms. The van der Waals surface area contributed by atoms with E-state index < -0.39 is 0 Å². The Balaban J connectivity index is 1.17. The third kappa shape index (κ3) is 3.08. The molecule has 6 nitrogen and oxygen atoms in total. The zero-order valence-corrected chi connectivity index (χ0v) is 17.7. The number of fused-ring (bicyclic) bond motifs is 2. The van der Waals surface area contributed by atoms with Crippen LogP contribution in [0.2, 0.25) is 0 Å². The Morgan fingerprint density at radius 3 is 2.52 bits per heavy atom. The zero-order valence-electron chi connectivity index (χ0n) is 17.7. The van der Waals surface area contributed by atoms with Crippen molar-refractivity contribution in [2.24, 2.45) is 11.1 Å². The van der Waals surface area contributed by atoms with E-state index in [-0.39, 0.29) is 11.5 Å². The van der Waals surface area contributed by atoms with Crippen LogP contribution in [-0.2, 0) is 12.8 Å². The molecule has 0 amide bonds.